The molecular weight excluding hydrogens is 321 g/mol. The largest absolute Gasteiger partial charge is 0.353 e. The number of amides is 1. The topological polar surface area (TPSA) is 58.4 Å². The van der Waals surface area contributed by atoms with Crippen molar-refractivity contribution in [3.63, 3.8) is 0 Å². The number of nitrogens with one attached hydrogen (secondary N) is 1. The smallest absolute Gasteiger partial charge is 0.224 e. The van der Waals surface area contributed by atoms with Gasteiger partial charge in [-0.15, -0.1) is 24.8 Å². The number of likely N-dealkylation sites (tertiary alicyclic amines) is 1. The van der Waals surface area contributed by atoms with E-state index in [4.69, 9.17) is 5.73 Å². The van der Waals surface area contributed by atoms with Gasteiger partial charge >= 0.3 is 0 Å². The van der Waals surface area contributed by atoms with Crippen molar-refractivity contribution in [3.8, 4) is 0 Å². The molecule has 1 saturated carbocycles. The first kappa shape index (κ1) is 22.0. The predicted octanol–water partition coefficient (Wildman–Crippen LogP) is 2.73. The number of hydrogen-bond acceptors (Lipinski definition) is 3. The SMILES string of the molecule is CC(N)C(C)C(=O)NC1CCN(C2CCCCC2)CC1.Cl.Cl. The first-order chi connectivity index (χ1) is 9.58. The maximum absolute atomic E-state index is 12.0. The van der Waals surface area contributed by atoms with E-state index in [1.165, 1.54) is 32.1 Å². The van der Waals surface area contributed by atoms with Crippen molar-refractivity contribution < 1.29 is 4.79 Å². The molecule has 1 saturated heterocycles. The average Bonchev–Trinajstić information content (AvgIpc) is 2.48. The van der Waals surface area contributed by atoms with Crippen LogP contribution in [0.4, 0.5) is 0 Å². The van der Waals surface area contributed by atoms with Crippen molar-refractivity contribution in [2.75, 3.05) is 13.1 Å². The molecule has 2 aliphatic rings. The van der Waals surface area contributed by atoms with Gasteiger partial charge in [-0.05, 0) is 32.6 Å². The predicted molar refractivity (Wildman–Crippen MR) is 96.9 cm³/mol. The van der Waals surface area contributed by atoms with E-state index in [0.29, 0.717) is 6.04 Å². The first-order valence-electron chi connectivity index (χ1n) is 8.38. The molecule has 2 unspecified atom stereocenters. The molecule has 22 heavy (non-hydrogen) atoms. The third-order valence-corrected chi connectivity index (χ3v) is 5.17. The molecule has 2 rings (SSSR count). The van der Waals surface area contributed by atoms with Gasteiger partial charge in [-0.3, -0.25) is 4.79 Å². The maximum atomic E-state index is 12.0. The first-order valence-corrected chi connectivity index (χ1v) is 8.38. The Kier molecular flexibility index (Phi) is 10.7. The van der Waals surface area contributed by atoms with Crippen molar-refractivity contribution in [1.82, 2.24) is 10.2 Å². The second-order valence-corrected chi connectivity index (χ2v) is 6.76. The highest BCUT2D eigenvalue weighted by molar-refractivity contribution is 5.85. The van der Waals surface area contributed by atoms with Crippen LogP contribution in [0.2, 0.25) is 0 Å². The Morgan fingerprint density at radius 2 is 1.59 bits per heavy atom. The molecule has 0 spiro atoms. The third kappa shape index (κ3) is 6.23. The highest BCUT2D eigenvalue weighted by atomic mass is 35.5. The number of hydrogen-bond donors (Lipinski definition) is 2. The highest BCUT2D eigenvalue weighted by Crippen LogP contribution is 2.25. The molecule has 2 fully saturated rings. The van der Waals surface area contributed by atoms with Gasteiger partial charge in [0.1, 0.15) is 0 Å². The highest BCUT2D eigenvalue weighted by Gasteiger charge is 2.28. The molecule has 1 aliphatic carbocycles. The van der Waals surface area contributed by atoms with Crippen LogP contribution in [0, 0.1) is 5.92 Å². The Morgan fingerprint density at radius 1 is 1.05 bits per heavy atom. The molecule has 6 heteroatoms. The van der Waals surface area contributed by atoms with Crippen molar-refractivity contribution in [3.05, 3.63) is 0 Å². The fraction of sp³-hybridized carbons (Fsp3) is 0.938. The minimum atomic E-state index is -0.0913. The molecule has 2 atom stereocenters. The molecule has 1 amide bonds. The van der Waals surface area contributed by atoms with Crippen LogP contribution >= 0.6 is 24.8 Å². The summed E-state index contributed by atoms with van der Waals surface area (Å²) in [7, 11) is 0. The van der Waals surface area contributed by atoms with E-state index in [9.17, 15) is 4.79 Å². The maximum Gasteiger partial charge on any atom is 0.224 e. The summed E-state index contributed by atoms with van der Waals surface area (Å²) < 4.78 is 0. The van der Waals surface area contributed by atoms with Crippen LogP contribution in [-0.4, -0.2) is 42.0 Å². The number of carbonyl (C=O) groups excluding carboxylic acids is 1. The van der Waals surface area contributed by atoms with Gasteiger partial charge in [0.05, 0.1) is 0 Å². The van der Waals surface area contributed by atoms with Crippen LogP contribution in [0.3, 0.4) is 0 Å². The summed E-state index contributed by atoms with van der Waals surface area (Å²) in [6.45, 7) is 6.09. The van der Waals surface area contributed by atoms with Crippen LogP contribution < -0.4 is 11.1 Å². The number of piperidine rings is 1. The number of rotatable bonds is 4. The van der Waals surface area contributed by atoms with Crippen molar-refractivity contribution >= 4 is 30.7 Å². The standard InChI is InChI=1S/C16H31N3O.2ClH/c1-12(13(2)17)16(20)18-14-8-10-19(11-9-14)15-6-4-3-5-7-15;;/h12-15H,3-11,17H2,1-2H3,(H,18,20);2*1H. The lowest BCUT2D eigenvalue weighted by molar-refractivity contribution is -0.126. The average molecular weight is 354 g/mol. The van der Waals surface area contributed by atoms with Gasteiger partial charge in [0.2, 0.25) is 5.91 Å². The van der Waals surface area contributed by atoms with E-state index in [0.717, 1.165) is 32.0 Å². The van der Waals surface area contributed by atoms with E-state index in [1.807, 2.05) is 13.8 Å². The summed E-state index contributed by atoms with van der Waals surface area (Å²) in [6.07, 6.45) is 9.14. The van der Waals surface area contributed by atoms with Gasteiger partial charge < -0.3 is 16.0 Å². The zero-order valence-electron chi connectivity index (χ0n) is 13.9. The van der Waals surface area contributed by atoms with Gasteiger partial charge in [0, 0.05) is 37.1 Å². The molecular formula is C16H33Cl2N3O. The number of carbonyl (C=O) groups is 1. The lowest BCUT2D eigenvalue weighted by atomic mass is 9.92. The minimum Gasteiger partial charge on any atom is -0.353 e. The van der Waals surface area contributed by atoms with Gasteiger partial charge in [0.25, 0.3) is 0 Å². The molecule has 3 N–H and O–H groups in total. The molecule has 0 bridgehead atoms. The quantitative estimate of drug-likeness (QED) is 0.816. The Bertz CT molecular complexity index is 315. The molecule has 1 heterocycles. The zero-order chi connectivity index (χ0) is 14.5. The van der Waals surface area contributed by atoms with E-state index >= 15 is 0 Å². The van der Waals surface area contributed by atoms with Gasteiger partial charge in [-0.2, -0.15) is 0 Å². The van der Waals surface area contributed by atoms with Gasteiger partial charge in [-0.25, -0.2) is 0 Å². The summed E-state index contributed by atoms with van der Waals surface area (Å²) in [4.78, 5) is 14.7. The fourth-order valence-electron chi connectivity index (χ4n) is 3.43. The van der Waals surface area contributed by atoms with Crippen molar-refractivity contribution in [1.29, 1.82) is 0 Å². The van der Waals surface area contributed by atoms with Crippen LogP contribution in [0.25, 0.3) is 0 Å². The van der Waals surface area contributed by atoms with Crippen LogP contribution in [0.1, 0.15) is 58.8 Å². The molecule has 1 aliphatic heterocycles. The summed E-state index contributed by atoms with van der Waals surface area (Å²) in [5, 5.41) is 3.18. The van der Waals surface area contributed by atoms with Gasteiger partial charge in [-0.1, -0.05) is 26.2 Å². The second-order valence-electron chi connectivity index (χ2n) is 6.76. The van der Waals surface area contributed by atoms with Crippen LogP contribution in [0.5, 0.6) is 0 Å². The van der Waals surface area contributed by atoms with Crippen molar-refractivity contribution in [2.45, 2.75) is 76.9 Å². The zero-order valence-corrected chi connectivity index (χ0v) is 15.6. The van der Waals surface area contributed by atoms with Gasteiger partial charge in [0.15, 0.2) is 0 Å². The normalized spacial score (nSPS) is 23.8. The second kappa shape index (κ2) is 10.7. The molecule has 4 nitrogen and oxygen atoms in total. The lowest BCUT2D eigenvalue weighted by Gasteiger charge is -2.39. The minimum absolute atomic E-state index is 0. The number of nitrogens with zero attached hydrogens (tertiary/aromatic N) is 1. The molecule has 0 aromatic rings. The van der Waals surface area contributed by atoms with Crippen molar-refractivity contribution in [2.24, 2.45) is 11.7 Å². The Hall–Kier alpha value is -0.0300. The summed E-state index contributed by atoms with van der Waals surface area (Å²) >= 11 is 0. The Morgan fingerprint density at radius 3 is 2.09 bits per heavy atom. The Balaban J connectivity index is 0.00000220. The summed E-state index contributed by atoms with van der Waals surface area (Å²) in [5.74, 6) is 0.0301. The third-order valence-electron chi connectivity index (χ3n) is 5.17. The van der Waals surface area contributed by atoms with E-state index in [1.54, 1.807) is 0 Å². The number of halogens is 2. The van der Waals surface area contributed by atoms with E-state index in [-0.39, 0.29) is 42.7 Å². The van der Waals surface area contributed by atoms with Crippen LogP contribution in [0.15, 0.2) is 0 Å². The lowest BCUT2D eigenvalue weighted by Crippen LogP contribution is -2.50. The summed E-state index contributed by atoms with van der Waals surface area (Å²) in [6, 6.07) is 1.09. The fourth-order valence-corrected chi connectivity index (χ4v) is 3.43. The monoisotopic (exact) mass is 353 g/mol. The molecule has 132 valence electrons. The van der Waals surface area contributed by atoms with E-state index in [2.05, 4.69) is 10.2 Å². The van der Waals surface area contributed by atoms with Crippen LogP contribution in [-0.2, 0) is 4.79 Å². The molecule has 0 aromatic carbocycles. The molecule has 0 aromatic heterocycles. The summed E-state index contributed by atoms with van der Waals surface area (Å²) in [5.41, 5.74) is 5.79. The molecule has 0 radical (unpaired) electrons. The number of nitrogens with two attached hydrogens (primary N) is 1. The Labute approximate surface area is 147 Å². The van der Waals surface area contributed by atoms with E-state index < -0.39 is 0 Å².